The fourth-order valence-corrected chi connectivity index (χ4v) is 5.52. The fraction of sp³-hybridized carbons (Fsp3) is 0.938. The summed E-state index contributed by atoms with van der Waals surface area (Å²) in [5.74, 6) is 0.838. The van der Waals surface area contributed by atoms with E-state index < -0.39 is 9.84 Å². The summed E-state index contributed by atoms with van der Waals surface area (Å²) in [6.07, 6.45) is 5.23. The highest BCUT2D eigenvalue weighted by Crippen LogP contribution is 2.22. The molecule has 2 atom stereocenters. The first-order valence-electron chi connectivity index (χ1n) is 8.94. The molecule has 0 aromatic carbocycles. The molecule has 0 saturated carbocycles. The fourth-order valence-electron chi connectivity index (χ4n) is 3.84. The second kappa shape index (κ2) is 8.33. The predicted octanol–water partition coefficient (Wildman–Crippen LogP) is 1.37. The average Bonchev–Trinajstić information content (AvgIpc) is 3.13. The first-order chi connectivity index (χ1) is 10.9. The van der Waals surface area contributed by atoms with Gasteiger partial charge in [0.2, 0.25) is 0 Å². The largest absolute Gasteiger partial charge is 0.337 e. The van der Waals surface area contributed by atoms with Crippen LogP contribution in [0.2, 0.25) is 0 Å². The maximum absolute atomic E-state index is 12.1. The van der Waals surface area contributed by atoms with Gasteiger partial charge in [0.25, 0.3) is 0 Å². The number of hydrogen-bond donors (Lipinski definition) is 2. The molecule has 0 spiro atoms. The lowest BCUT2D eigenvalue weighted by Crippen LogP contribution is -2.50. The van der Waals surface area contributed by atoms with Crippen molar-refractivity contribution in [1.29, 1.82) is 0 Å². The van der Waals surface area contributed by atoms with Crippen LogP contribution in [-0.4, -0.2) is 62.6 Å². The lowest BCUT2D eigenvalue weighted by atomic mass is 9.93. The van der Waals surface area contributed by atoms with E-state index in [0.717, 1.165) is 25.9 Å². The van der Waals surface area contributed by atoms with Gasteiger partial charge in [0, 0.05) is 18.6 Å². The van der Waals surface area contributed by atoms with Crippen LogP contribution >= 0.6 is 0 Å². The van der Waals surface area contributed by atoms with Crippen molar-refractivity contribution in [3.63, 3.8) is 0 Å². The zero-order valence-corrected chi connectivity index (χ0v) is 15.2. The highest BCUT2D eigenvalue weighted by Gasteiger charge is 2.30. The zero-order valence-electron chi connectivity index (χ0n) is 14.4. The molecule has 2 N–H and O–H groups in total. The summed E-state index contributed by atoms with van der Waals surface area (Å²) in [6, 6.07) is -0.0915. The molecule has 7 heteroatoms. The van der Waals surface area contributed by atoms with E-state index in [1.165, 1.54) is 12.8 Å². The van der Waals surface area contributed by atoms with Crippen molar-refractivity contribution < 1.29 is 13.2 Å². The maximum atomic E-state index is 12.1. The molecule has 2 amide bonds. The van der Waals surface area contributed by atoms with Gasteiger partial charge in [-0.15, -0.1) is 0 Å². The molecular weight excluding hydrogens is 314 g/mol. The second-order valence-corrected chi connectivity index (χ2v) is 9.07. The van der Waals surface area contributed by atoms with Crippen LogP contribution in [0.1, 0.15) is 46.0 Å². The van der Waals surface area contributed by atoms with Gasteiger partial charge in [-0.3, -0.25) is 4.90 Å². The maximum Gasteiger partial charge on any atom is 0.315 e. The first-order valence-corrected chi connectivity index (χ1v) is 10.8. The standard InChI is InChI=1S/C16H31N3O3S/c1-3-13(4-2)15(19-8-5-6-9-19)11-17-16(20)18-14-7-10-23(21,22)12-14/h13-15H,3-12H2,1-2H3,(H2,17,18,20). The number of rotatable bonds is 7. The Kier molecular flexibility index (Phi) is 6.71. The van der Waals surface area contributed by atoms with Crippen LogP contribution in [0.5, 0.6) is 0 Å². The first kappa shape index (κ1) is 18.5. The van der Waals surface area contributed by atoms with E-state index in [1.807, 2.05) is 0 Å². The molecule has 2 heterocycles. The van der Waals surface area contributed by atoms with Gasteiger partial charge >= 0.3 is 6.03 Å². The van der Waals surface area contributed by atoms with Crippen LogP contribution in [0.15, 0.2) is 0 Å². The monoisotopic (exact) mass is 345 g/mol. The van der Waals surface area contributed by atoms with Gasteiger partial charge in [-0.1, -0.05) is 26.7 Å². The van der Waals surface area contributed by atoms with E-state index in [1.54, 1.807) is 0 Å². The van der Waals surface area contributed by atoms with Crippen molar-refractivity contribution in [2.45, 2.75) is 58.0 Å². The number of hydrogen-bond acceptors (Lipinski definition) is 4. The Morgan fingerprint density at radius 3 is 2.39 bits per heavy atom. The van der Waals surface area contributed by atoms with Crippen molar-refractivity contribution in [1.82, 2.24) is 15.5 Å². The molecule has 0 aromatic heterocycles. The average molecular weight is 346 g/mol. The second-order valence-electron chi connectivity index (χ2n) is 6.84. The Morgan fingerprint density at radius 1 is 1.22 bits per heavy atom. The van der Waals surface area contributed by atoms with Crippen molar-refractivity contribution in [3.8, 4) is 0 Å². The number of carbonyl (C=O) groups excluding carboxylic acids is 1. The topological polar surface area (TPSA) is 78.5 Å². The molecule has 6 nitrogen and oxygen atoms in total. The molecular formula is C16H31N3O3S. The predicted molar refractivity (Wildman–Crippen MR) is 92.3 cm³/mol. The summed E-state index contributed by atoms with van der Waals surface area (Å²) >= 11 is 0. The van der Waals surface area contributed by atoms with E-state index in [9.17, 15) is 13.2 Å². The van der Waals surface area contributed by atoms with Crippen molar-refractivity contribution in [2.24, 2.45) is 5.92 Å². The van der Waals surface area contributed by atoms with Gasteiger partial charge in [0.05, 0.1) is 11.5 Å². The highest BCUT2D eigenvalue weighted by atomic mass is 32.2. The minimum Gasteiger partial charge on any atom is -0.337 e. The third-order valence-corrected chi connectivity index (χ3v) is 7.01. The summed E-state index contributed by atoms with van der Waals surface area (Å²) in [5.41, 5.74) is 0. The Bertz CT molecular complexity index is 483. The van der Waals surface area contributed by atoms with Gasteiger partial charge in [-0.2, -0.15) is 0 Å². The van der Waals surface area contributed by atoms with Crippen LogP contribution in [0.25, 0.3) is 0 Å². The molecule has 0 bridgehead atoms. The molecule has 23 heavy (non-hydrogen) atoms. The number of amides is 2. The quantitative estimate of drug-likeness (QED) is 0.730. The summed E-state index contributed by atoms with van der Waals surface area (Å²) in [4.78, 5) is 14.6. The molecule has 2 aliphatic heterocycles. The lowest BCUT2D eigenvalue weighted by molar-refractivity contribution is 0.161. The van der Waals surface area contributed by atoms with Crippen LogP contribution in [0.3, 0.4) is 0 Å². The van der Waals surface area contributed by atoms with Gasteiger partial charge in [0.1, 0.15) is 0 Å². The summed E-state index contributed by atoms with van der Waals surface area (Å²) < 4.78 is 22.9. The molecule has 2 rings (SSSR count). The molecule has 2 aliphatic rings. The minimum absolute atomic E-state index is 0.0719. The van der Waals surface area contributed by atoms with Crippen molar-refractivity contribution >= 4 is 15.9 Å². The van der Waals surface area contributed by atoms with Gasteiger partial charge in [-0.05, 0) is 38.3 Å². The van der Waals surface area contributed by atoms with Crippen LogP contribution < -0.4 is 10.6 Å². The summed E-state index contributed by atoms with van der Waals surface area (Å²) in [7, 11) is -2.96. The molecule has 2 fully saturated rings. The molecule has 2 saturated heterocycles. The molecule has 2 unspecified atom stereocenters. The van der Waals surface area contributed by atoms with Crippen molar-refractivity contribution in [3.05, 3.63) is 0 Å². The van der Waals surface area contributed by atoms with E-state index in [0.29, 0.717) is 24.9 Å². The highest BCUT2D eigenvalue weighted by molar-refractivity contribution is 7.91. The van der Waals surface area contributed by atoms with E-state index in [-0.39, 0.29) is 23.6 Å². The van der Waals surface area contributed by atoms with Crippen LogP contribution in [0, 0.1) is 5.92 Å². The van der Waals surface area contributed by atoms with Crippen LogP contribution in [-0.2, 0) is 9.84 Å². The zero-order chi connectivity index (χ0) is 16.9. The van der Waals surface area contributed by atoms with E-state index in [2.05, 4.69) is 29.4 Å². The van der Waals surface area contributed by atoms with Gasteiger partial charge < -0.3 is 10.6 Å². The SMILES string of the molecule is CCC(CC)C(CNC(=O)NC1CCS(=O)(=O)C1)N1CCCC1. The number of carbonyl (C=O) groups is 1. The number of nitrogens with one attached hydrogen (secondary N) is 2. The minimum atomic E-state index is -2.96. The third kappa shape index (κ3) is 5.35. The molecule has 0 aliphatic carbocycles. The Hall–Kier alpha value is -0.820. The number of nitrogens with zero attached hydrogens (tertiary/aromatic N) is 1. The normalized spacial score (nSPS) is 25.6. The third-order valence-electron chi connectivity index (χ3n) is 5.24. The van der Waals surface area contributed by atoms with Crippen LogP contribution in [0.4, 0.5) is 4.79 Å². The Morgan fingerprint density at radius 2 is 1.87 bits per heavy atom. The smallest absolute Gasteiger partial charge is 0.315 e. The Balaban J connectivity index is 1.83. The van der Waals surface area contributed by atoms with E-state index in [4.69, 9.17) is 0 Å². The molecule has 134 valence electrons. The van der Waals surface area contributed by atoms with Crippen molar-refractivity contribution in [2.75, 3.05) is 31.1 Å². The van der Waals surface area contributed by atoms with E-state index >= 15 is 0 Å². The molecule has 0 aromatic rings. The number of sulfone groups is 1. The summed E-state index contributed by atoms with van der Waals surface area (Å²) in [6.45, 7) is 7.29. The molecule has 0 radical (unpaired) electrons. The van der Waals surface area contributed by atoms with Gasteiger partial charge in [-0.25, -0.2) is 13.2 Å². The lowest BCUT2D eigenvalue weighted by Gasteiger charge is -2.34. The van der Waals surface area contributed by atoms with Gasteiger partial charge in [0.15, 0.2) is 9.84 Å². The Labute approximate surface area is 140 Å². The number of urea groups is 1. The summed E-state index contributed by atoms with van der Waals surface area (Å²) in [5, 5.41) is 5.78. The number of likely N-dealkylation sites (tertiary alicyclic amines) is 1.